The van der Waals surface area contributed by atoms with E-state index in [1.165, 1.54) is 32.4 Å². The molecule has 0 saturated heterocycles. The van der Waals surface area contributed by atoms with Gasteiger partial charge in [-0.15, -0.1) is 0 Å². The Morgan fingerprint density at radius 2 is 1.93 bits per heavy atom. The lowest BCUT2D eigenvalue weighted by Crippen LogP contribution is -2.23. The van der Waals surface area contributed by atoms with Crippen LogP contribution in [0.15, 0.2) is 41.3 Å². The molecule has 0 bridgehead atoms. The molecule has 0 heterocycles. The van der Waals surface area contributed by atoms with Gasteiger partial charge in [-0.05, 0) is 29.8 Å². The SMILES string of the molecule is COC(=O)c1cc(CNS(=O)(=O)c2ccc(F)c([N+](=O)[O-])c2)ccc1OC. The quantitative estimate of drug-likeness (QED) is 0.430. The molecule has 0 amide bonds. The van der Waals surface area contributed by atoms with Crippen LogP contribution in [0.3, 0.4) is 0 Å². The van der Waals surface area contributed by atoms with E-state index in [9.17, 15) is 27.7 Å². The Balaban J connectivity index is 2.26. The highest BCUT2D eigenvalue weighted by Gasteiger charge is 2.22. The molecule has 0 saturated carbocycles. The number of sulfonamides is 1. The molecule has 2 rings (SSSR count). The molecule has 1 N–H and O–H groups in total. The second kappa shape index (κ2) is 8.10. The second-order valence-electron chi connectivity index (χ2n) is 5.22. The fourth-order valence-electron chi connectivity index (χ4n) is 2.20. The van der Waals surface area contributed by atoms with E-state index in [1.54, 1.807) is 0 Å². The number of esters is 1. The molecule has 2 aromatic rings. The summed E-state index contributed by atoms with van der Waals surface area (Å²) in [5.41, 5.74) is -0.430. The monoisotopic (exact) mass is 398 g/mol. The Hall–Kier alpha value is -3.05. The van der Waals surface area contributed by atoms with Gasteiger partial charge in [-0.25, -0.2) is 17.9 Å². The van der Waals surface area contributed by atoms with Crippen LogP contribution in [-0.4, -0.2) is 33.5 Å². The average molecular weight is 398 g/mol. The minimum atomic E-state index is -4.15. The van der Waals surface area contributed by atoms with Crippen molar-refractivity contribution >= 4 is 21.7 Å². The number of hydrogen-bond donors (Lipinski definition) is 1. The van der Waals surface area contributed by atoms with Crippen LogP contribution in [0.5, 0.6) is 5.75 Å². The summed E-state index contributed by atoms with van der Waals surface area (Å²) >= 11 is 0. The fraction of sp³-hybridized carbons (Fsp3) is 0.188. The normalized spacial score (nSPS) is 11.1. The highest BCUT2D eigenvalue weighted by Crippen LogP contribution is 2.23. The molecule has 0 fully saturated rings. The van der Waals surface area contributed by atoms with Crippen LogP contribution < -0.4 is 9.46 Å². The Kier molecular flexibility index (Phi) is 6.08. The molecular weight excluding hydrogens is 383 g/mol. The van der Waals surface area contributed by atoms with Crippen molar-refractivity contribution < 1.29 is 32.0 Å². The lowest BCUT2D eigenvalue weighted by atomic mass is 10.1. The van der Waals surface area contributed by atoms with Crippen LogP contribution in [-0.2, 0) is 21.3 Å². The fourth-order valence-corrected chi connectivity index (χ4v) is 3.23. The standard InChI is InChI=1S/C16H15FN2O7S/c1-25-15-6-3-10(7-12(15)16(20)26-2)9-18-27(23,24)11-4-5-13(17)14(8-11)19(21)22/h3-8,18H,9H2,1-2H3. The molecule has 0 aliphatic carbocycles. The summed E-state index contributed by atoms with van der Waals surface area (Å²) in [5, 5.41) is 10.8. The number of nitro groups is 1. The Labute approximate surface area is 153 Å². The average Bonchev–Trinajstić information content (AvgIpc) is 2.65. The van der Waals surface area contributed by atoms with E-state index >= 15 is 0 Å². The van der Waals surface area contributed by atoms with E-state index in [0.29, 0.717) is 17.7 Å². The van der Waals surface area contributed by atoms with Crippen molar-refractivity contribution in [3.8, 4) is 5.75 Å². The van der Waals surface area contributed by atoms with Gasteiger partial charge in [0.25, 0.3) is 0 Å². The summed E-state index contributed by atoms with van der Waals surface area (Å²) in [6.45, 7) is -0.221. The molecular formula is C16H15FN2O7S. The summed E-state index contributed by atoms with van der Waals surface area (Å²) in [4.78, 5) is 21.1. The minimum absolute atomic E-state index is 0.106. The maximum atomic E-state index is 13.4. The van der Waals surface area contributed by atoms with E-state index in [1.807, 2.05) is 0 Å². The Morgan fingerprint density at radius 1 is 1.22 bits per heavy atom. The first-order valence-electron chi connectivity index (χ1n) is 7.38. The highest BCUT2D eigenvalue weighted by atomic mass is 32.2. The third-order valence-electron chi connectivity index (χ3n) is 3.56. The molecule has 0 aliphatic rings. The summed E-state index contributed by atoms with van der Waals surface area (Å²) < 4.78 is 49.9. The second-order valence-corrected chi connectivity index (χ2v) is 6.99. The number of halogens is 1. The van der Waals surface area contributed by atoms with Crippen molar-refractivity contribution in [3.05, 3.63) is 63.5 Å². The van der Waals surface area contributed by atoms with Gasteiger partial charge in [0, 0.05) is 12.6 Å². The first kappa shape index (κ1) is 20.3. The minimum Gasteiger partial charge on any atom is -0.496 e. The number of nitro benzene ring substituents is 1. The van der Waals surface area contributed by atoms with Gasteiger partial charge < -0.3 is 9.47 Å². The van der Waals surface area contributed by atoms with Crippen molar-refractivity contribution in [2.45, 2.75) is 11.4 Å². The van der Waals surface area contributed by atoms with E-state index in [0.717, 1.165) is 6.07 Å². The third-order valence-corrected chi connectivity index (χ3v) is 4.96. The zero-order valence-corrected chi connectivity index (χ0v) is 15.1. The number of hydrogen-bond acceptors (Lipinski definition) is 7. The van der Waals surface area contributed by atoms with E-state index in [4.69, 9.17) is 4.74 Å². The summed E-state index contributed by atoms with van der Waals surface area (Å²) in [6.07, 6.45) is 0. The zero-order valence-electron chi connectivity index (χ0n) is 14.3. The van der Waals surface area contributed by atoms with Crippen molar-refractivity contribution in [1.29, 1.82) is 0 Å². The van der Waals surface area contributed by atoms with Gasteiger partial charge in [-0.1, -0.05) is 6.07 Å². The third kappa shape index (κ3) is 4.57. The highest BCUT2D eigenvalue weighted by molar-refractivity contribution is 7.89. The first-order valence-corrected chi connectivity index (χ1v) is 8.86. The molecule has 0 atom stereocenters. The number of methoxy groups -OCH3 is 2. The zero-order chi connectivity index (χ0) is 20.2. The topological polar surface area (TPSA) is 125 Å². The van der Waals surface area contributed by atoms with Crippen LogP contribution >= 0.6 is 0 Å². The number of nitrogens with zero attached hydrogens (tertiary/aromatic N) is 1. The van der Waals surface area contributed by atoms with E-state index in [2.05, 4.69) is 9.46 Å². The van der Waals surface area contributed by atoms with Crippen LogP contribution in [0.1, 0.15) is 15.9 Å². The van der Waals surface area contributed by atoms with Crippen molar-refractivity contribution in [2.24, 2.45) is 0 Å². The van der Waals surface area contributed by atoms with E-state index in [-0.39, 0.29) is 17.9 Å². The molecule has 0 aromatic heterocycles. The lowest BCUT2D eigenvalue weighted by molar-refractivity contribution is -0.387. The Morgan fingerprint density at radius 3 is 2.52 bits per heavy atom. The van der Waals surface area contributed by atoms with E-state index < -0.39 is 37.3 Å². The smallest absolute Gasteiger partial charge is 0.341 e. The molecule has 0 radical (unpaired) electrons. The van der Waals surface area contributed by atoms with Crippen molar-refractivity contribution in [1.82, 2.24) is 4.72 Å². The van der Waals surface area contributed by atoms with Gasteiger partial charge in [0.15, 0.2) is 0 Å². The van der Waals surface area contributed by atoms with Crippen molar-refractivity contribution in [2.75, 3.05) is 14.2 Å². The van der Waals surface area contributed by atoms with Gasteiger partial charge in [0.1, 0.15) is 11.3 Å². The number of rotatable bonds is 7. The lowest BCUT2D eigenvalue weighted by Gasteiger charge is -2.10. The van der Waals surface area contributed by atoms with Crippen molar-refractivity contribution in [3.63, 3.8) is 0 Å². The van der Waals surface area contributed by atoms with Gasteiger partial charge >= 0.3 is 11.7 Å². The summed E-state index contributed by atoms with van der Waals surface area (Å²) in [7, 11) is -1.59. The maximum absolute atomic E-state index is 13.4. The van der Waals surface area contributed by atoms with Crippen LogP contribution in [0.2, 0.25) is 0 Å². The van der Waals surface area contributed by atoms with Gasteiger partial charge in [0.05, 0.1) is 24.0 Å². The predicted molar refractivity (Wildman–Crippen MR) is 91.4 cm³/mol. The van der Waals surface area contributed by atoms with Gasteiger partial charge in [-0.3, -0.25) is 10.1 Å². The van der Waals surface area contributed by atoms with Gasteiger partial charge in [0.2, 0.25) is 15.8 Å². The number of nitrogens with one attached hydrogen (secondary N) is 1. The molecule has 144 valence electrons. The maximum Gasteiger partial charge on any atom is 0.341 e. The van der Waals surface area contributed by atoms with Crippen LogP contribution in [0.25, 0.3) is 0 Å². The summed E-state index contributed by atoms with van der Waals surface area (Å²) in [5.74, 6) is -1.55. The largest absolute Gasteiger partial charge is 0.496 e. The number of carbonyl (C=O) groups excluding carboxylic acids is 1. The predicted octanol–water partition coefficient (Wildman–Crippen LogP) is 2.01. The molecule has 0 spiro atoms. The summed E-state index contributed by atoms with van der Waals surface area (Å²) in [6, 6.07) is 6.64. The number of benzene rings is 2. The molecule has 27 heavy (non-hydrogen) atoms. The molecule has 2 aromatic carbocycles. The molecule has 0 unspecified atom stereocenters. The molecule has 9 nitrogen and oxygen atoms in total. The molecule has 11 heteroatoms. The van der Waals surface area contributed by atoms with Crippen LogP contribution in [0.4, 0.5) is 10.1 Å². The van der Waals surface area contributed by atoms with Crippen LogP contribution in [0, 0.1) is 15.9 Å². The number of ether oxygens (including phenoxy) is 2. The first-order chi connectivity index (χ1) is 12.7. The Bertz CT molecular complexity index is 992. The van der Waals surface area contributed by atoms with Gasteiger partial charge in [-0.2, -0.15) is 4.39 Å². The number of carbonyl (C=O) groups is 1. The molecule has 0 aliphatic heterocycles.